The monoisotopic (exact) mass is 339 g/mol. The Labute approximate surface area is 146 Å². The molecule has 1 N–H and O–H groups in total. The summed E-state index contributed by atoms with van der Waals surface area (Å²) in [4.78, 5) is 16.5. The Kier molecular flexibility index (Phi) is 4.96. The molecule has 3 aromatic rings. The summed E-state index contributed by atoms with van der Waals surface area (Å²) >= 11 is 6.06. The van der Waals surface area contributed by atoms with E-state index in [-0.39, 0.29) is 11.9 Å². The van der Waals surface area contributed by atoms with Crippen LogP contribution in [0, 0.1) is 0 Å². The van der Waals surface area contributed by atoms with Gasteiger partial charge in [0.15, 0.2) is 0 Å². The SMILES string of the molecule is CC(NC(=O)Cc1cccn1-c1cccc(Cl)c1)c1cccnc1. The van der Waals surface area contributed by atoms with Gasteiger partial charge in [-0.3, -0.25) is 9.78 Å². The van der Waals surface area contributed by atoms with Gasteiger partial charge in [0.25, 0.3) is 0 Å². The summed E-state index contributed by atoms with van der Waals surface area (Å²) < 4.78 is 1.97. The molecule has 1 atom stereocenters. The second-order valence-electron chi connectivity index (χ2n) is 5.60. The predicted molar refractivity (Wildman–Crippen MR) is 95.3 cm³/mol. The van der Waals surface area contributed by atoms with E-state index < -0.39 is 0 Å². The Morgan fingerprint density at radius 2 is 2.12 bits per heavy atom. The summed E-state index contributed by atoms with van der Waals surface area (Å²) in [6, 6.07) is 15.2. The summed E-state index contributed by atoms with van der Waals surface area (Å²) in [6.45, 7) is 1.95. The van der Waals surface area contributed by atoms with Crippen LogP contribution in [0.2, 0.25) is 5.02 Å². The largest absolute Gasteiger partial charge is 0.349 e. The Morgan fingerprint density at radius 1 is 1.25 bits per heavy atom. The van der Waals surface area contributed by atoms with Crippen LogP contribution >= 0.6 is 11.6 Å². The van der Waals surface area contributed by atoms with E-state index in [4.69, 9.17) is 11.6 Å². The van der Waals surface area contributed by atoms with Gasteiger partial charge in [0.2, 0.25) is 5.91 Å². The number of aromatic nitrogens is 2. The van der Waals surface area contributed by atoms with E-state index in [1.165, 1.54) is 0 Å². The summed E-state index contributed by atoms with van der Waals surface area (Å²) in [5, 5.41) is 3.67. The van der Waals surface area contributed by atoms with Crippen LogP contribution < -0.4 is 5.32 Å². The first-order chi connectivity index (χ1) is 11.6. The van der Waals surface area contributed by atoms with E-state index in [2.05, 4.69) is 10.3 Å². The average molecular weight is 340 g/mol. The highest BCUT2D eigenvalue weighted by molar-refractivity contribution is 6.30. The quantitative estimate of drug-likeness (QED) is 0.765. The molecule has 4 nitrogen and oxygen atoms in total. The van der Waals surface area contributed by atoms with Gasteiger partial charge in [-0.1, -0.05) is 23.7 Å². The van der Waals surface area contributed by atoms with Crippen LogP contribution in [0.3, 0.4) is 0 Å². The third-order valence-electron chi connectivity index (χ3n) is 3.82. The normalized spacial score (nSPS) is 11.9. The third-order valence-corrected chi connectivity index (χ3v) is 4.06. The van der Waals surface area contributed by atoms with E-state index in [0.717, 1.165) is 16.9 Å². The molecule has 1 amide bonds. The van der Waals surface area contributed by atoms with Crippen LogP contribution in [0.1, 0.15) is 24.2 Å². The van der Waals surface area contributed by atoms with Gasteiger partial charge in [-0.15, -0.1) is 0 Å². The van der Waals surface area contributed by atoms with Crippen molar-refractivity contribution in [2.45, 2.75) is 19.4 Å². The van der Waals surface area contributed by atoms with Gasteiger partial charge in [-0.2, -0.15) is 0 Å². The van der Waals surface area contributed by atoms with Crippen molar-refractivity contribution in [2.24, 2.45) is 0 Å². The minimum atomic E-state index is -0.0826. The fourth-order valence-corrected chi connectivity index (χ4v) is 2.80. The van der Waals surface area contributed by atoms with Gasteiger partial charge in [-0.05, 0) is 48.9 Å². The second-order valence-corrected chi connectivity index (χ2v) is 6.04. The van der Waals surface area contributed by atoms with Crippen LogP contribution in [0.5, 0.6) is 0 Å². The number of hydrogen-bond acceptors (Lipinski definition) is 2. The van der Waals surface area contributed by atoms with Crippen molar-refractivity contribution in [2.75, 3.05) is 0 Å². The fraction of sp³-hybridized carbons (Fsp3) is 0.158. The zero-order valence-corrected chi connectivity index (χ0v) is 14.1. The first-order valence-corrected chi connectivity index (χ1v) is 8.13. The Hall–Kier alpha value is -2.59. The van der Waals surface area contributed by atoms with E-state index >= 15 is 0 Å². The molecule has 24 heavy (non-hydrogen) atoms. The zero-order valence-electron chi connectivity index (χ0n) is 13.3. The number of nitrogens with zero attached hydrogens (tertiary/aromatic N) is 2. The summed E-state index contributed by atoms with van der Waals surface area (Å²) in [5.74, 6) is -0.0340. The molecule has 2 aromatic heterocycles. The number of benzene rings is 1. The van der Waals surface area contributed by atoms with Gasteiger partial charge in [0.05, 0.1) is 12.5 Å². The van der Waals surface area contributed by atoms with Crippen molar-refractivity contribution < 1.29 is 4.79 Å². The number of rotatable bonds is 5. The molecule has 0 saturated heterocycles. The second kappa shape index (κ2) is 7.32. The molecule has 0 saturated carbocycles. The molecule has 2 heterocycles. The molecule has 0 aliphatic heterocycles. The lowest BCUT2D eigenvalue weighted by molar-refractivity contribution is -0.121. The number of pyridine rings is 1. The minimum absolute atomic E-state index is 0.0340. The Balaban J connectivity index is 1.71. The third kappa shape index (κ3) is 3.84. The fourth-order valence-electron chi connectivity index (χ4n) is 2.61. The lowest BCUT2D eigenvalue weighted by atomic mass is 10.1. The van der Waals surface area contributed by atoms with Crippen LogP contribution in [0.4, 0.5) is 0 Å². The Morgan fingerprint density at radius 3 is 2.88 bits per heavy atom. The molecule has 0 spiro atoms. The topological polar surface area (TPSA) is 46.9 Å². The van der Waals surface area contributed by atoms with Crippen LogP contribution in [0.25, 0.3) is 5.69 Å². The lowest BCUT2D eigenvalue weighted by Crippen LogP contribution is -2.28. The van der Waals surface area contributed by atoms with Crippen molar-refractivity contribution >= 4 is 17.5 Å². The van der Waals surface area contributed by atoms with Crippen LogP contribution in [0.15, 0.2) is 67.1 Å². The maximum atomic E-state index is 12.4. The highest BCUT2D eigenvalue weighted by Gasteiger charge is 2.13. The van der Waals surface area contributed by atoms with Gasteiger partial charge in [0, 0.05) is 35.0 Å². The molecule has 0 radical (unpaired) electrons. The first kappa shape index (κ1) is 16.3. The zero-order chi connectivity index (χ0) is 16.9. The Bertz CT molecular complexity index is 829. The molecular weight excluding hydrogens is 322 g/mol. The number of nitrogens with one attached hydrogen (secondary N) is 1. The number of halogens is 1. The van der Waals surface area contributed by atoms with Gasteiger partial charge in [-0.25, -0.2) is 0 Å². The van der Waals surface area contributed by atoms with Crippen molar-refractivity contribution in [3.05, 3.63) is 83.4 Å². The van der Waals surface area contributed by atoms with Gasteiger partial charge in [0.1, 0.15) is 0 Å². The molecule has 0 bridgehead atoms. The number of carbonyl (C=O) groups is 1. The van der Waals surface area contributed by atoms with E-state index in [1.54, 1.807) is 12.4 Å². The van der Waals surface area contributed by atoms with E-state index in [9.17, 15) is 4.79 Å². The first-order valence-electron chi connectivity index (χ1n) is 7.75. The molecule has 5 heteroatoms. The van der Waals surface area contributed by atoms with Gasteiger partial charge < -0.3 is 9.88 Å². The summed E-state index contributed by atoms with van der Waals surface area (Å²) in [7, 11) is 0. The molecule has 0 fully saturated rings. The maximum Gasteiger partial charge on any atom is 0.226 e. The molecule has 3 rings (SSSR count). The molecule has 0 aliphatic rings. The predicted octanol–water partition coefficient (Wildman–Crippen LogP) is 3.95. The number of amides is 1. The van der Waals surface area contributed by atoms with Crippen molar-refractivity contribution in [1.82, 2.24) is 14.9 Å². The van der Waals surface area contributed by atoms with E-state index in [1.807, 2.05) is 66.2 Å². The molecular formula is C19H18ClN3O. The summed E-state index contributed by atoms with van der Waals surface area (Å²) in [6.07, 6.45) is 5.71. The standard InChI is InChI=1S/C19H18ClN3O/c1-14(15-5-3-9-21-13-15)22-19(24)12-18-8-4-10-23(18)17-7-2-6-16(20)11-17/h2-11,13-14H,12H2,1H3,(H,22,24). The van der Waals surface area contributed by atoms with Crippen LogP contribution in [-0.4, -0.2) is 15.5 Å². The van der Waals surface area contributed by atoms with Crippen molar-refractivity contribution in [3.63, 3.8) is 0 Å². The minimum Gasteiger partial charge on any atom is -0.349 e. The van der Waals surface area contributed by atoms with Crippen molar-refractivity contribution in [3.8, 4) is 5.69 Å². The van der Waals surface area contributed by atoms with Gasteiger partial charge >= 0.3 is 0 Å². The molecule has 0 aliphatic carbocycles. The number of hydrogen-bond donors (Lipinski definition) is 1. The summed E-state index contributed by atoms with van der Waals surface area (Å²) in [5.41, 5.74) is 2.83. The van der Waals surface area contributed by atoms with Crippen molar-refractivity contribution in [1.29, 1.82) is 0 Å². The van der Waals surface area contributed by atoms with Crippen LogP contribution in [-0.2, 0) is 11.2 Å². The highest BCUT2D eigenvalue weighted by atomic mass is 35.5. The maximum absolute atomic E-state index is 12.4. The lowest BCUT2D eigenvalue weighted by Gasteiger charge is -2.15. The number of carbonyl (C=O) groups excluding carboxylic acids is 1. The molecule has 122 valence electrons. The average Bonchev–Trinajstić information content (AvgIpc) is 3.03. The van der Waals surface area contributed by atoms with E-state index in [0.29, 0.717) is 11.4 Å². The highest BCUT2D eigenvalue weighted by Crippen LogP contribution is 2.18. The molecule has 1 aromatic carbocycles. The molecule has 1 unspecified atom stereocenters. The smallest absolute Gasteiger partial charge is 0.226 e.